The Labute approximate surface area is 146 Å². The number of benzene rings is 2. The van der Waals surface area contributed by atoms with Crippen LogP contribution in [0, 0.1) is 0 Å². The molecule has 1 heterocycles. The number of rotatable bonds is 6. The van der Waals surface area contributed by atoms with Gasteiger partial charge in [-0.25, -0.2) is 0 Å². The van der Waals surface area contributed by atoms with E-state index in [2.05, 4.69) is 0 Å². The zero-order valence-corrected chi connectivity index (χ0v) is 13.8. The maximum atomic E-state index is 13.0. The Morgan fingerprint density at radius 2 is 1.60 bits per heavy atom. The Morgan fingerprint density at radius 1 is 0.960 bits per heavy atom. The number of fused-ring (bicyclic) bond motifs is 1. The average molecular weight is 339 g/mol. The number of para-hydroxylation sites is 1. The summed E-state index contributed by atoms with van der Waals surface area (Å²) in [4.78, 5) is 14.8. The lowest BCUT2D eigenvalue weighted by molar-refractivity contribution is 0.0952. The van der Waals surface area contributed by atoms with E-state index in [1.54, 1.807) is 29.3 Å². The molecule has 1 atom stereocenters. The number of Topliss-reactive ketones (excluding diaryl/α,β-unsaturated/α-hetero) is 1. The first-order chi connectivity index (χ1) is 12.2. The lowest BCUT2D eigenvalue weighted by atomic mass is 9.91. The fourth-order valence-electron chi connectivity index (χ4n) is 2.92. The summed E-state index contributed by atoms with van der Waals surface area (Å²) >= 11 is 0. The van der Waals surface area contributed by atoms with E-state index >= 15 is 0 Å². The van der Waals surface area contributed by atoms with Crippen LogP contribution in [0.25, 0.3) is 0 Å². The van der Waals surface area contributed by atoms with Crippen LogP contribution in [0.4, 0.5) is 0 Å². The molecule has 0 saturated heterocycles. The molecule has 130 valence electrons. The minimum atomic E-state index is -0.525. The number of hydrogen-bond acceptors (Lipinski definition) is 5. The van der Waals surface area contributed by atoms with Crippen molar-refractivity contribution in [2.75, 3.05) is 26.3 Å². The van der Waals surface area contributed by atoms with Crippen LogP contribution in [0.3, 0.4) is 0 Å². The molecule has 25 heavy (non-hydrogen) atoms. The highest BCUT2D eigenvalue weighted by atomic mass is 16.5. The minimum absolute atomic E-state index is 0.0641. The molecule has 0 amide bonds. The maximum absolute atomic E-state index is 13.0. The molecule has 5 nitrogen and oxygen atoms in total. The zero-order valence-electron chi connectivity index (χ0n) is 13.8. The van der Waals surface area contributed by atoms with E-state index in [4.69, 9.17) is 4.74 Å². The van der Waals surface area contributed by atoms with Crippen LogP contribution in [-0.2, 0) is 0 Å². The predicted molar refractivity (Wildman–Crippen MR) is 94.4 cm³/mol. The number of ketones is 1. The van der Waals surface area contributed by atoms with Crippen molar-refractivity contribution in [1.29, 1.82) is 0 Å². The van der Waals surface area contributed by atoms with E-state index in [0.717, 1.165) is 5.56 Å². The van der Waals surface area contributed by atoms with Gasteiger partial charge in [0.15, 0.2) is 11.9 Å². The second-order valence-electron chi connectivity index (χ2n) is 5.80. The van der Waals surface area contributed by atoms with Gasteiger partial charge in [-0.05, 0) is 17.7 Å². The molecular formula is C20H21NO4. The first-order valence-electron chi connectivity index (χ1n) is 8.27. The summed E-state index contributed by atoms with van der Waals surface area (Å²) < 4.78 is 6.12. The van der Waals surface area contributed by atoms with Crippen molar-refractivity contribution in [3.05, 3.63) is 77.5 Å². The Balaban J connectivity index is 2.05. The highest BCUT2D eigenvalue weighted by molar-refractivity contribution is 6.12. The smallest absolute Gasteiger partial charge is 0.198 e. The zero-order chi connectivity index (χ0) is 17.6. The van der Waals surface area contributed by atoms with Crippen molar-refractivity contribution in [2.24, 2.45) is 0 Å². The number of ether oxygens (including phenoxy) is 1. The molecule has 1 aliphatic heterocycles. The molecule has 1 unspecified atom stereocenters. The summed E-state index contributed by atoms with van der Waals surface area (Å²) in [6.07, 6.45) is 1.17. The Morgan fingerprint density at radius 3 is 2.28 bits per heavy atom. The van der Waals surface area contributed by atoms with Gasteiger partial charge in [-0.2, -0.15) is 0 Å². The van der Waals surface area contributed by atoms with E-state index in [0.29, 0.717) is 30.0 Å². The third kappa shape index (κ3) is 3.73. The summed E-state index contributed by atoms with van der Waals surface area (Å²) in [5.41, 5.74) is 1.89. The molecule has 0 bridgehead atoms. The predicted octanol–water partition coefficient (Wildman–Crippen LogP) is 2.17. The van der Waals surface area contributed by atoms with Crippen LogP contribution < -0.4 is 4.74 Å². The standard InChI is InChI=1S/C20H21NO4/c22-12-10-21(11-13-23)14-17-19(24)16-8-4-5-9-18(16)25-20(17)15-6-2-1-3-7-15/h1-9,14,20,22-23H,10-13H2. The maximum Gasteiger partial charge on any atom is 0.198 e. The fourth-order valence-corrected chi connectivity index (χ4v) is 2.92. The van der Waals surface area contributed by atoms with Gasteiger partial charge in [0.05, 0.1) is 24.4 Å². The highest BCUT2D eigenvalue weighted by Gasteiger charge is 2.33. The lowest BCUT2D eigenvalue weighted by Gasteiger charge is -2.30. The van der Waals surface area contributed by atoms with Gasteiger partial charge in [-0.3, -0.25) is 4.79 Å². The van der Waals surface area contributed by atoms with Gasteiger partial charge in [-0.1, -0.05) is 42.5 Å². The van der Waals surface area contributed by atoms with Crippen molar-refractivity contribution in [3.63, 3.8) is 0 Å². The second-order valence-corrected chi connectivity index (χ2v) is 5.80. The first-order valence-corrected chi connectivity index (χ1v) is 8.27. The molecule has 0 radical (unpaired) electrons. The Kier molecular flexibility index (Phi) is 5.48. The fraction of sp³-hybridized carbons (Fsp3) is 0.250. The van der Waals surface area contributed by atoms with E-state index in [9.17, 15) is 15.0 Å². The van der Waals surface area contributed by atoms with Crippen molar-refractivity contribution in [3.8, 4) is 5.75 Å². The largest absolute Gasteiger partial charge is 0.480 e. The molecule has 0 fully saturated rings. The summed E-state index contributed by atoms with van der Waals surface area (Å²) in [6, 6.07) is 16.7. The molecule has 0 aromatic heterocycles. The third-order valence-corrected chi connectivity index (χ3v) is 4.12. The van der Waals surface area contributed by atoms with Gasteiger partial charge in [0.25, 0.3) is 0 Å². The highest BCUT2D eigenvalue weighted by Crippen LogP contribution is 2.38. The molecule has 0 aliphatic carbocycles. The van der Waals surface area contributed by atoms with Crippen molar-refractivity contribution in [2.45, 2.75) is 6.10 Å². The molecule has 3 rings (SSSR count). The van der Waals surface area contributed by atoms with Crippen LogP contribution >= 0.6 is 0 Å². The van der Waals surface area contributed by atoms with Gasteiger partial charge in [0.2, 0.25) is 0 Å². The van der Waals surface area contributed by atoms with Crippen LogP contribution in [0.2, 0.25) is 0 Å². The average Bonchev–Trinajstić information content (AvgIpc) is 2.65. The van der Waals surface area contributed by atoms with Crippen LogP contribution in [0.15, 0.2) is 66.4 Å². The number of aliphatic hydroxyl groups excluding tert-OH is 2. The molecule has 5 heteroatoms. The van der Waals surface area contributed by atoms with Gasteiger partial charge < -0.3 is 19.8 Å². The van der Waals surface area contributed by atoms with E-state index < -0.39 is 6.10 Å². The quantitative estimate of drug-likeness (QED) is 0.790. The summed E-state index contributed by atoms with van der Waals surface area (Å²) in [6.45, 7) is 0.540. The monoisotopic (exact) mass is 339 g/mol. The minimum Gasteiger partial charge on any atom is -0.480 e. The van der Waals surface area contributed by atoms with E-state index in [-0.39, 0.29) is 19.0 Å². The number of nitrogens with zero attached hydrogens (tertiary/aromatic N) is 1. The second kappa shape index (κ2) is 7.96. The van der Waals surface area contributed by atoms with Crippen LogP contribution in [0.1, 0.15) is 22.0 Å². The summed E-state index contributed by atoms with van der Waals surface area (Å²) in [7, 11) is 0. The number of hydrogen-bond donors (Lipinski definition) is 2. The molecule has 2 N–H and O–H groups in total. The topological polar surface area (TPSA) is 70.0 Å². The van der Waals surface area contributed by atoms with E-state index in [1.807, 2.05) is 36.4 Å². The van der Waals surface area contributed by atoms with Crippen molar-refractivity contribution < 1.29 is 19.7 Å². The molecule has 2 aromatic carbocycles. The summed E-state index contributed by atoms with van der Waals surface area (Å²) in [5, 5.41) is 18.5. The van der Waals surface area contributed by atoms with Crippen molar-refractivity contribution >= 4 is 5.78 Å². The van der Waals surface area contributed by atoms with Crippen molar-refractivity contribution in [1.82, 2.24) is 4.90 Å². The third-order valence-electron chi connectivity index (χ3n) is 4.12. The van der Waals surface area contributed by atoms with Gasteiger partial charge in [0.1, 0.15) is 5.75 Å². The SMILES string of the molecule is O=C1C(=CN(CCO)CCO)C(c2ccccc2)Oc2ccccc21. The van der Waals surface area contributed by atoms with Crippen LogP contribution in [0.5, 0.6) is 5.75 Å². The number of carbonyl (C=O) groups is 1. The molecule has 1 aliphatic rings. The number of aliphatic hydroxyl groups is 2. The normalized spacial score (nSPS) is 17.9. The lowest BCUT2D eigenvalue weighted by Crippen LogP contribution is -2.30. The van der Waals surface area contributed by atoms with Gasteiger partial charge >= 0.3 is 0 Å². The summed E-state index contributed by atoms with van der Waals surface area (Å²) in [5.74, 6) is 0.464. The molecule has 2 aromatic rings. The van der Waals surface area contributed by atoms with E-state index in [1.165, 1.54) is 0 Å². The Hall–Kier alpha value is -2.63. The molecule has 0 spiro atoms. The molecule has 0 saturated carbocycles. The van der Waals surface area contributed by atoms with Gasteiger partial charge in [0, 0.05) is 19.3 Å². The Bertz CT molecular complexity index is 751. The molecular weight excluding hydrogens is 318 g/mol. The van der Waals surface area contributed by atoms with Crippen LogP contribution in [-0.4, -0.2) is 47.2 Å². The first kappa shape index (κ1) is 17.2. The van der Waals surface area contributed by atoms with Gasteiger partial charge in [-0.15, -0.1) is 0 Å². The number of carbonyl (C=O) groups excluding carboxylic acids is 1.